The molecular weight excluding hydrogens is 351 g/mol. The fraction of sp³-hybridized carbons (Fsp3) is 0.389. The molecular formula is C18H19FN6O2. The summed E-state index contributed by atoms with van der Waals surface area (Å²) in [5.41, 5.74) is 0.790. The van der Waals surface area contributed by atoms with Gasteiger partial charge in [0.2, 0.25) is 5.91 Å². The molecule has 1 saturated heterocycles. The monoisotopic (exact) mass is 370 g/mol. The zero-order valence-electron chi connectivity index (χ0n) is 14.9. The molecule has 0 atom stereocenters. The SMILES string of the molecule is Cc1nc2c(nnn2C2CCN(C(=O)Cc3ccccc3F)CC2)c(=O)[nH]1. The predicted octanol–water partition coefficient (Wildman–Crippen LogP) is 1.37. The third-order valence-electron chi connectivity index (χ3n) is 4.92. The fourth-order valence-corrected chi connectivity index (χ4v) is 3.47. The van der Waals surface area contributed by atoms with E-state index in [1.54, 1.807) is 34.7 Å². The van der Waals surface area contributed by atoms with E-state index in [9.17, 15) is 14.0 Å². The minimum absolute atomic E-state index is 0.0150. The summed E-state index contributed by atoms with van der Waals surface area (Å²) in [4.78, 5) is 33.1. The highest BCUT2D eigenvalue weighted by Gasteiger charge is 2.27. The molecule has 0 unspecified atom stereocenters. The van der Waals surface area contributed by atoms with Crippen molar-refractivity contribution in [2.45, 2.75) is 32.2 Å². The number of nitrogens with zero attached hydrogens (tertiary/aromatic N) is 5. The second-order valence-electron chi connectivity index (χ2n) is 6.74. The summed E-state index contributed by atoms with van der Waals surface area (Å²) in [5.74, 6) is 0.0578. The number of likely N-dealkylation sites (tertiary alicyclic amines) is 1. The quantitative estimate of drug-likeness (QED) is 0.751. The molecule has 4 rings (SSSR count). The number of aromatic nitrogens is 5. The lowest BCUT2D eigenvalue weighted by Crippen LogP contribution is -2.40. The van der Waals surface area contributed by atoms with E-state index in [1.807, 2.05) is 0 Å². The van der Waals surface area contributed by atoms with Crippen LogP contribution in [0, 0.1) is 12.7 Å². The number of rotatable bonds is 3. The molecule has 0 spiro atoms. The average Bonchev–Trinajstić information content (AvgIpc) is 3.08. The number of benzene rings is 1. The minimum Gasteiger partial charge on any atom is -0.342 e. The molecule has 1 amide bonds. The van der Waals surface area contributed by atoms with Crippen LogP contribution in [-0.4, -0.2) is 48.9 Å². The van der Waals surface area contributed by atoms with Crippen molar-refractivity contribution in [3.8, 4) is 0 Å². The van der Waals surface area contributed by atoms with Gasteiger partial charge in [0, 0.05) is 13.1 Å². The Morgan fingerprint density at radius 3 is 2.78 bits per heavy atom. The smallest absolute Gasteiger partial charge is 0.281 e. The number of hydrogen-bond donors (Lipinski definition) is 1. The van der Waals surface area contributed by atoms with Crippen LogP contribution < -0.4 is 5.56 Å². The molecule has 0 aliphatic carbocycles. The van der Waals surface area contributed by atoms with Gasteiger partial charge >= 0.3 is 0 Å². The summed E-state index contributed by atoms with van der Waals surface area (Å²) in [7, 11) is 0. The Bertz CT molecular complexity index is 1050. The van der Waals surface area contributed by atoms with Gasteiger partial charge in [-0.05, 0) is 31.4 Å². The van der Waals surface area contributed by atoms with Gasteiger partial charge in [-0.25, -0.2) is 14.1 Å². The Morgan fingerprint density at radius 2 is 2.04 bits per heavy atom. The highest BCUT2D eigenvalue weighted by molar-refractivity contribution is 5.79. The molecule has 1 N–H and O–H groups in total. The molecule has 27 heavy (non-hydrogen) atoms. The zero-order valence-corrected chi connectivity index (χ0v) is 14.9. The van der Waals surface area contributed by atoms with Gasteiger partial charge in [-0.1, -0.05) is 23.4 Å². The van der Waals surface area contributed by atoms with Crippen molar-refractivity contribution in [3.05, 3.63) is 51.8 Å². The lowest BCUT2D eigenvalue weighted by molar-refractivity contribution is -0.131. The summed E-state index contributed by atoms with van der Waals surface area (Å²) in [6.07, 6.45) is 1.41. The van der Waals surface area contributed by atoms with Crippen LogP contribution in [0.15, 0.2) is 29.1 Å². The maximum atomic E-state index is 13.8. The van der Waals surface area contributed by atoms with Crippen molar-refractivity contribution in [1.82, 2.24) is 29.9 Å². The number of amides is 1. The van der Waals surface area contributed by atoms with Crippen LogP contribution in [-0.2, 0) is 11.2 Å². The van der Waals surface area contributed by atoms with E-state index in [1.165, 1.54) is 6.07 Å². The molecule has 1 fully saturated rings. The van der Waals surface area contributed by atoms with E-state index >= 15 is 0 Å². The van der Waals surface area contributed by atoms with E-state index in [2.05, 4.69) is 20.3 Å². The number of aryl methyl sites for hydroxylation is 1. The number of H-pyrrole nitrogens is 1. The molecule has 8 nitrogen and oxygen atoms in total. The summed E-state index contributed by atoms with van der Waals surface area (Å²) >= 11 is 0. The van der Waals surface area contributed by atoms with Gasteiger partial charge < -0.3 is 9.88 Å². The number of aromatic amines is 1. The van der Waals surface area contributed by atoms with Gasteiger partial charge in [-0.15, -0.1) is 5.10 Å². The second-order valence-corrected chi connectivity index (χ2v) is 6.74. The molecule has 3 aromatic rings. The molecule has 0 bridgehead atoms. The molecule has 2 aromatic heterocycles. The lowest BCUT2D eigenvalue weighted by Gasteiger charge is -2.32. The first-order valence-electron chi connectivity index (χ1n) is 8.86. The molecule has 140 valence electrons. The van der Waals surface area contributed by atoms with E-state index in [4.69, 9.17) is 0 Å². The molecule has 1 aliphatic rings. The van der Waals surface area contributed by atoms with Crippen molar-refractivity contribution in [3.63, 3.8) is 0 Å². The number of nitrogens with one attached hydrogen (secondary N) is 1. The van der Waals surface area contributed by atoms with Crippen LogP contribution in [0.5, 0.6) is 0 Å². The summed E-state index contributed by atoms with van der Waals surface area (Å²) < 4.78 is 15.4. The third kappa shape index (κ3) is 3.32. The molecule has 3 heterocycles. The van der Waals surface area contributed by atoms with Crippen molar-refractivity contribution in [2.24, 2.45) is 0 Å². The standard InChI is InChI=1S/C18H19FN6O2/c1-11-20-17-16(18(27)21-11)22-23-25(17)13-6-8-24(9-7-13)15(26)10-12-4-2-3-5-14(12)19/h2-5,13H,6-10H2,1H3,(H,20,21,27). The largest absolute Gasteiger partial charge is 0.342 e. The van der Waals surface area contributed by atoms with E-state index in [0.29, 0.717) is 43.0 Å². The highest BCUT2D eigenvalue weighted by atomic mass is 19.1. The van der Waals surface area contributed by atoms with Gasteiger partial charge in [0.25, 0.3) is 5.56 Å². The van der Waals surface area contributed by atoms with E-state index in [-0.39, 0.29) is 35.3 Å². The van der Waals surface area contributed by atoms with Crippen molar-refractivity contribution >= 4 is 17.1 Å². The van der Waals surface area contributed by atoms with Crippen LogP contribution in [0.2, 0.25) is 0 Å². The third-order valence-corrected chi connectivity index (χ3v) is 4.92. The highest BCUT2D eigenvalue weighted by Crippen LogP contribution is 2.24. The molecule has 0 saturated carbocycles. The van der Waals surface area contributed by atoms with Crippen molar-refractivity contribution in [1.29, 1.82) is 0 Å². The number of carbonyl (C=O) groups excluding carboxylic acids is 1. The van der Waals surface area contributed by atoms with Gasteiger partial charge in [-0.3, -0.25) is 9.59 Å². The first kappa shape index (κ1) is 17.3. The Hall–Kier alpha value is -3.10. The first-order valence-corrected chi connectivity index (χ1v) is 8.86. The normalized spacial score (nSPS) is 15.4. The lowest BCUT2D eigenvalue weighted by atomic mass is 10.0. The molecule has 1 aromatic carbocycles. The molecule has 9 heteroatoms. The van der Waals surface area contributed by atoms with E-state index < -0.39 is 0 Å². The zero-order chi connectivity index (χ0) is 19.0. The van der Waals surface area contributed by atoms with Crippen LogP contribution in [0.4, 0.5) is 4.39 Å². The van der Waals surface area contributed by atoms with Gasteiger partial charge in [0.05, 0.1) is 12.5 Å². The number of hydrogen-bond acceptors (Lipinski definition) is 5. The maximum absolute atomic E-state index is 13.8. The Kier molecular flexibility index (Phi) is 4.43. The number of fused-ring (bicyclic) bond motifs is 1. The van der Waals surface area contributed by atoms with E-state index in [0.717, 1.165) is 0 Å². The van der Waals surface area contributed by atoms with Crippen molar-refractivity contribution in [2.75, 3.05) is 13.1 Å². The molecule has 0 radical (unpaired) electrons. The summed E-state index contributed by atoms with van der Waals surface area (Å²) in [5, 5.41) is 8.04. The van der Waals surface area contributed by atoms with Gasteiger partial charge in [0.15, 0.2) is 11.2 Å². The maximum Gasteiger partial charge on any atom is 0.281 e. The Morgan fingerprint density at radius 1 is 1.30 bits per heavy atom. The number of piperidine rings is 1. The van der Waals surface area contributed by atoms with Crippen LogP contribution >= 0.6 is 0 Å². The van der Waals surface area contributed by atoms with Crippen LogP contribution in [0.25, 0.3) is 11.2 Å². The number of carbonyl (C=O) groups is 1. The minimum atomic E-state index is -0.360. The fourth-order valence-electron chi connectivity index (χ4n) is 3.47. The Balaban J connectivity index is 1.46. The first-order chi connectivity index (χ1) is 13.0. The van der Waals surface area contributed by atoms with Crippen molar-refractivity contribution < 1.29 is 9.18 Å². The van der Waals surface area contributed by atoms with Crippen LogP contribution in [0.3, 0.4) is 0 Å². The summed E-state index contributed by atoms with van der Waals surface area (Å²) in [6.45, 7) is 2.80. The predicted molar refractivity (Wildman–Crippen MR) is 95.6 cm³/mol. The second kappa shape index (κ2) is 6.90. The van der Waals surface area contributed by atoms with Crippen LogP contribution in [0.1, 0.15) is 30.3 Å². The van der Waals surface area contributed by atoms with Gasteiger partial charge in [-0.2, -0.15) is 0 Å². The average molecular weight is 370 g/mol. The topological polar surface area (TPSA) is 96.8 Å². The summed E-state index contributed by atoms with van der Waals surface area (Å²) in [6, 6.07) is 6.35. The number of halogens is 1. The van der Waals surface area contributed by atoms with Gasteiger partial charge in [0.1, 0.15) is 11.6 Å². The molecule has 1 aliphatic heterocycles. The Labute approximate surface area is 154 Å².